The minimum absolute atomic E-state index is 0.0909. The Hall–Kier alpha value is -0.660. The van der Waals surface area contributed by atoms with Crippen LogP contribution in [0.3, 0.4) is 0 Å². The van der Waals surface area contributed by atoms with E-state index in [0.717, 1.165) is 0 Å². The first-order valence-corrected chi connectivity index (χ1v) is 6.10. The molecule has 1 saturated carbocycles. The van der Waals surface area contributed by atoms with Crippen LogP contribution in [-0.2, 0) is 4.79 Å². The van der Waals surface area contributed by atoms with E-state index in [1.54, 1.807) is 0 Å². The van der Waals surface area contributed by atoms with E-state index in [1.807, 2.05) is 5.32 Å². The highest BCUT2D eigenvalue weighted by Gasteiger charge is 2.61. The third-order valence-electron chi connectivity index (χ3n) is 3.10. The van der Waals surface area contributed by atoms with E-state index in [2.05, 4.69) is 0 Å². The molecule has 0 spiro atoms. The van der Waals surface area contributed by atoms with Gasteiger partial charge in [0.1, 0.15) is 0 Å². The van der Waals surface area contributed by atoms with Gasteiger partial charge in [-0.25, -0.2) is 0 Å². The molecule has 0 aliphatic heterocycles. The topological polar surface area (TPSA) is 29.1 Å². The van der Waals surface area contributed by atoms with Gasteiger partial charge in [0, 0.05) is 11.9 Å². The summed E-state index contributed by atoms with van der Waals surface area (Å²) in [6.07, 6.45) is -9.78. The minimum Gasteiger partial charge on any atom is -0.352 e. The van der Waals surface area contributed by atoms with Gasteiger partial charge in [0.05, 0.1) is 0 Å². The van der Waals surface area contributed by atoms with E-state index in [1.165, 1.54) is 0 Å². The van der Waals surface area contributed by atoms with E-state index in [4.69, 9.17) is 11.6 Å². The second kappa shape index (κ2) is 5.76. The highest BCUT2D eigenvalue weighted by molar-refractivity contribution is 6.18. The summed E-state index contributed by atoms with van der Waals surface area (Å²) in [5, 5.41) is 1.83. The molecule has 19 heavy (non-hydrogen) atoms. The van der Waals surface area contributed by atoms with Crippen molar-refractivity contribution < 1.29 is 31.1 Å². The number of halogens is 7. The zero-order valence-electron chi connectivity index (χ0n) is 9.61. The van der Waals surface area contributed by atoms with E-state index in [9.17, 15) is 31.1 Å². The summed E-state index contributed by atoms with van der Waals surface area (Å²) >= 11 is 5.55. The molecule has 1 aliphatic rings. The van der Waals surface area contributed by atoms with E-state index in [0.29, 0.717) is 19.3 Å². The predicted octanol–water partition coefficient (Wildman–Crippen LogP) is 3.25. The van der Waals surface area contributed by atoms with Gasteiger partial charge in [-0.2, -0.15) is 26.3 Å². The first kappa shape index (κ1) is 16.4. The van der Waals surface area contributed by atoms with Crippen LogP contribution in [0, 0.1) is 11.8 Å². The average molecular weight is 312 g/mol. The quantitative estimate of drug-likeness (QED) is 0.629. The summed E-state index contributed by atoms with van der Waals surface area (Å²) in [6.45, 7) is 0. The van der Waals surface area contributed by atoms with Crippen molar-refractivity contribution >= 4 is 17.5 Å². The van der Waals surface area contributed by atoms with Crippen LogP contribution in [0.2, 0.25) is 0 Å². The van der Waals surface area contributed by atoms with Crippen LogP contribution in [0.15, 0.2) is 0 Å². The number of hydrogen-bond donors (Lipinski definition) is 1. The zero-order valence-corrected chi connectivity index (χ0v) is 10.4. The summed E-state index contributed by atoms with van der Waals surface area (Å²) in [5.41, 5.74) is 0. The number of amides is 1. The van der Waals surface area contributed by atoms with Gasteiger partial charge in [-0.15, -0.1) is 11.6 Å². The number of hydrogen-bond acceptors (Lipinski definition) is 1. The second-order valence-corrected chi connectivity index (χ2v) is 4.79. The van der Waals surface area contributed by atoms with E-state index >= 15 is 0 Å². The van der Waals surface area contributed by atoms with Crippen LogP contribution < -0.4 is 5.32 Å². The van der Waals surface area contributed by atoms with E-state index < -0.39 is 30.2 Å². The van der Waals surface area contributed by atoms with Crippen LogP contribution in [0.4, 0.5) is 26.3 Å². The summed E-state index contributed by atoms with van der Waals surface area (Å²) in [5.74, 6) is -6.24. The van der Waals surface area contributed by atoms with E-state index in [-0.39, 0.29) is 11.8 Å². The molecule has 1 rings (SSSR count). The average Bonchev–Trinajstić information content (AvgIpc) is 2.59. The SMILES string of the molecule is O=C(NC1CCCC1CCl)C(C(F)(F)F)C(F)(F)F. The van der Waals surface area contributed by atoms with Crippen molar-refractivity contribution in [3.05, 3.63) is 0 Å². The molecular formula is C10H12ClF6NO. The van der Waals surface area contributed by atoms with Crippen molar-refractivity contribution in [3.8, 4) is 0 Å². The lowest BCUT2D eigenvalue weighted by atomic mass is 10.0. The molecule has 0 aromatic rings. The Bertz CT molecular complexity index is 315. The molecule has 1 aliphatic carbocycles. The molecule has 2 unspecified atom stereocenters. The van der Waals surface area contributed by atoms with Crippen molar-refractivity contribution in [3.63, 3.8) is 0 Å². The fourth-order valence-electron chi connectivity index (χ4n) is 2.16. The number of nitrogens with one attached hydrogen (secondary N) is 1. The highest BCUT2D eigenvalue weighted by Crippen LogP contribution is 2.39. The molecule has 0 aromatic carbocycles. The lowest BCUT2D eigenvalue weighted by molar-refractivity contribution is -0.274. The number of alkyl halides is 7. The second-order valence-electron chi connectivity index (χ2n) is 4.48. The van der Waals surface area contributed by atoms with Gasteiger partial charge in [0.15, 0.2) is 0 Å². The highest BCUT2D eigenvalue weighted by atomic mass is 35.5. The summed E-state index contributed by atoms with van der Waals surface area (Å²) in [7, 11) is 0. The molecule has 1 amide bonds. The maximum atomic E-state index is 12.3. The van der Waals surface area contributed by atoms with Crippen LogP contribution >= 0.6 is 11.6 Å². The van der Waals surface area contributed by atoms with Gasteiger partial charge in [-0.05, 0) is 18.8 Å². The third-order valence-corrected chi connectivity index (χ3v) is 3.50. The minimum atomic E-state index is -5.66. The van der Waals surface area contributed by atoms with Gasteiger partial charge < -0.3 is 5.32 Å². The monoisotopic (exact) mass is 311 g/mol. The first-order valence-electron chi connectivity index (χ1n) is 5.57. The fraction of sp³-hybridized carbons (Fsp3) is 0.900. The van der Waals surface area contributed by atoms with Crippen molar-refractivity contribution in [1.29, 1.82) is 0 Å². The van der Waals surface area contributed by atoms with Crippen LogP contribution in [0.1, 0.15) is 19.3 Å². The Labute approximate surface area is 110 Å². The molecule has 0 aromatic heterocycles. The van der Waals surface area contributed by atoms with Gasteiger partial charge >= 0.3 is 12.4 Å². The fourth-order valence-corrected chi connectivity index (χ4v) is 2.53. The van der Waals surface area contributed by atoms with Gasteiger partial charge in [-0.3, -0.25) is 4.79 Å². The standard InChI is InChI=1S/C10H12ClF6NO/c11-4-5-2-1-3-6(5)18-8(19)7(9(12,13)14)10(15,16)17/h5-7H,1-4H2,(H,18,19). The Kier molecular flexibility index (Phi) is 4.97. The first-order chi connectivity index (χ1) is 8.57. The lowest BCUT2D eigenvalue weighted by Crippen LogP contribution is -2.51. The Morgan fingerprint density at radius 1 is 1.16 bits per heavy atom. The smallest absolute Gasteiger partial charge is 0.352 e. The molecule has 0 bridgehead atoms. The zero-order chi connectivity index (χ0) is 14.8. The maximum absolute atomic E-state index is 12.3. The molecule has 9 heteroatoms. The van der Waals surface area contributed by atoms with Crippen molar-refractivity contribution in [2.45, 2.75) is 37.7 Å². The summed E-state index contributed by atoms with van der Waals surface area (Å²) in [6, 6.07) is -0.725. The molecule has 112 valence electrons. The largest absolute Gasteiger partial charge is 0.409 e. The summed E-state index contributed by atoms with van der Waals surface area (Å²) in [4.78, 5) is 11.3. The molecule has 1 fully saturated rings. The van der Waals surface area contributed by atoms with Crippen molar-refractivity contribution in [2.24, 2.45) is 11.8 Å². The predicted molar refractivity (Wildman–Crippen MR) is 55.6 cm³/mol. The number of carbonyl (C=O) groups is 1. The van der Waals surface area contributed by atoms with Gasteiger partial charge in [-0.1, -0.05) is 6.42 Å². The molecule has 1 N–H and O–H groups in total. The molecule has 0 heterocycles. The van der Waals surface area contributed by atoms with Crippen LogP contribution in [-0.4, -0.2) is 30.2 Å². The maximum Gasteiger partial charge on any atom is 0.409 e. The molecule has 0 radical (unpaired) electrons. The molecular weight excluding hydrogens is 300 g/mol. The normalized spacial score (nSPS) is 24.8. The summed E-state index contributed by atoms with van der Waals surface area (Å²) < 4.78 is 73.9. The number of carbonyl (C=O) groups excluding carboxylic acids is 1. The molecule has 0 saturated heterocycles. The van der Waals surface area contributed by atoms with Crippen LogP contribution in [0.25, 0.3) is 0 Å². The number of rotatable bonds is 3. The van der Waals surface area contributed by atoms with Crippen molar-refractivity contribution in [1.82, 2.24) is 5.32 Å². The third kappa shape index (κ3) is 4.15. The molecule has 2 atom stereocenters. The van der Waals surface area contributed by atoms with Gasteiger partial charge in [0.25, 0.3) is 0 Å². The van der Waals surface area contributed by atoms with Crippen LogP contribution in [0.5, 0.6) is 0 Å². The Balaban J connectivity index is 2.79. The van der Waals surface area contributed by atoms with Gasteiger partial charge in [0.2, 0.25) is 11.8 Å². The Morgan fingerprint density at radius 3 is 2.11 bits per heavy atom. The van der Waals surface area contributed by atoms with Crippen molar-refractivity contribution in [2.75, 3.05) is 5.88 Å². The molecule has 2 nitrogen and oxygen atoms in total. The Morgan fingerprint density at radius 2 is 1.68 bits per heavy atom. The lowest BCUT2D eigenvalue weighted by Gasteiger charge is -2.25.